The molecule has 0 saturated heterocycles. The van der Waals surface area contributed by atoms with Crippen molar-refractivity contribution in [1.29, 1.82) is 0 Å². The number of nitrogens with one attached hydrogen (secondary N) is 1. The number of benzene rings is 2. The number of ether oxygens (including phenoxy) is 1. The summed E-state index contributed by atoms with van der Waals surface area (Å²) in [4.78, 5) is 29.2. The normalized spacial score (nSPS) is 12.9. The Morgan fingerprint density at radius 2 is 1.74 bits per heavy atom. The first-order valence-electron chi connectivity index (χ1n) is 10.5. The highest BCUT2D eigenvalue weighted by molar-refractivity contribution is 6.04. The number of carbonyl (C=O) groups excluding carboxylic acids is 1. The minimum atomic E-state index is -4.45. The molecule has 34 heavy (non-hydrogen) atoms. The second-order valence-corrected chi connectivity index (χ2v) is 9.12. The number of carboxylic acid groups (broad SMARTS) is 1. The molecule has 3 aromatic rings. The molecule has 0 saturated carbocycles. The fourth-order valence-electron chi connectivity index (χ4n) is 3.41. The standard InChI is InChI=1S/C25H25F3N2O4/c1-14-11-18-19(29-12-14)10-9-17(22(31)30-21(23(32)33)24(2,3)4)20(18)34-13-15-5-7-16(8-6-15)25(26,27)28/h5-12,21H,13H2,1-4H3,(H,30,31)(H,32,33). The lowest BCUT2D eigenvalue weighted by atomic mass is 9.86. The van der Waals surface area contributed by atoms with Crippen LogP contribution < -0.4 is 10.1 Å². The Hall–Kier alpha value is -3.62. The van der Waals surface area contributed by atoms with Crippen molar-refractivity contribution in [2.75, 3.05) is 0 Å². The second-order valence-electron chi connectivity index (χ2n) is 9.12. The van der Waals surface area contributed by atoms with Crippen molar-refractivity contribution in [3.63, 3.8) is 0 Å². The van der Waals surface area contributed by atoms with E-state index in [1.54, 1.807) is 39.1 Å². The molecule has 0 spiro atoms. The van der Waals surface area contributed by atoms with Crippen molar-refractivity contribution in [3.05, 3.63) is 70.9 Å². The first kappa shape index (κ1) is 25.0. The smallest absolute Gasteiger partial charge is 0.416 e. The van der Waals surface area contributed by atoms with Crippen LogP contribution in [0.1, 0.15) is 47.8 Å². The van der Waals surface area contributed by atoms with Gasteiger partial charge in [-0.25, -0.2) is 4.79 Å². The van der Waals surface area contributed by atoms with E-state index in [4.69, 9.17) is 4.74 Å². The topological polar surface area (TPSA) is 88.5 Å². The van der Waals surface area contributed by atoms with Gasteiger partial charge >= 0.3 is 12.1 Å². The predicted octanol–water partition coefficient (Wildman–Crippen LogP) is 5.37. The molecule has 180 valence electrons. The van der Waals surface area contributed by atoms with Gasteiger partial charge in [0.2, 0.25) is 0 Å². The summed E-state index contributed by atoms with van der Waals surface area (Å²) in [5, 5.41) is 12.7. The summed E-state index contributed by atoms with van der Waals surface area (Å²) in [5.74, 6) is -1.65. The third-order valence-corrected chi connectivity index (χ3v) is 5.25. The van der Waals surface area contributed by atoms with Crippen LogP contribution >= 0.6 is 0 Å². The fourth-order valence-corrected chi connectivity index (χ4v) is 3.41. The summed E-state index contributed by atoms with van der Waals surface area (Å²) in [5.41, 5.74) is 0.399. The number of nitrogens with zero attached hydrogens (tertiary/aromatic N) is 1. The molecular formula is C25H25F3N2O4. The van der Waals surface area contributed by atoms with E-state index in [-0.39, 0.29) is 17.9 Å². The first-order chi connectivity index (χ1) is 15.8. The third-order valence-electron chi connectivity index (χ3n) is 5.25. The summed E-state index contributed by atoms with van der Waals surface area (Å²) >= 11 is 0. The van der Waals surface area contributed by atoms with E-state index in [2.05, 4.69) is 10.3 Å². The second kappa shape index (κ2) is 9.32. The molecule has 2 N–H and O–H groups in total. The van der Waals surface area contributed by atoms with E-state index in [1.807, 2.05) is 6.92 Å². The molecule has 1 heterocycles. The van der Waals surface area contributed by atoms with Crippen molar-refractivity contribution in [2.45, 2.75) is 46.5 Å². The molecule has 0 fully saturated rings. The Morgan fingerprint density at radius 3 is 2.29 bits per heavy atom. The van der Waals surface area contributed by atoms with E-state index < -0.39 is 35.1 Å². The van der Waals surface area contributed by atoms with Gasteiger partial charge in [0.1, 0.15) is 18.4 Å². The molecule has 0 aliphatic heterocycles. The first-order valence-corrected chi connectivity index (χ1v) is 10.5. The van der Waals surface area contributed by atoms with E-state index in [0.717, 1.165) is 17.7 Å². The van der Waals surface area contributed by atoms with Crippen LogP contribution in [0, 0.1) is 12.3 Å². The summed E-state index contributed by atoms with van der Waals surface area (Å²) in [6, 6.07) is 8.26. The lowest BCUT2D eigenvalue weighted by Crippen LogP contribution is -2.49. The molecule has 0 bridgehead atoms. The molecule has 0 radical (unpaired) electrons. The zero-order chi connectivity index (χ0) is 25.3. The highest BCUT2D eigenvalue weighted by atomic mass is 19.4. The number of hydrogen-bond donors (Lipinski definition) is 2. The maximum atomic E-state index is 13.1. The van der Waals surface area contributed by atoms with Gasteiger partial charge < -0.3 is 15.2 Å². The zero-order valence-electron chi connectivity index (χ0n) is 19.2. The number of aromatic nitrogens is 1. The van der Waals surface area contributed by atoms with Gasteiger partial charge in [-0.3, -0.25) is 9.78 Å². The van der Waals surface area contributed by atoms with E-state index in [9.17, 15) is 27.9 Å². The van der Waals surface area contributed by atoms with Crippen LogP contribution in [0.2, 0.25) is 0 Å². The number of alkyl halides is 3. The number of fused-ring (bicyclic) bond motifs is 1. The summed E-state index contributed by atoms with van der Waals surface area (Å²) in [7, 11) is 0. The Labute approximate surface area is 194 Å². The molecule has 9 heteroatoms. The van der Waals surface area contributed by atoms with Gasteiger partial charge in [-0.1, -0.05) is 32.9 Å². The van der Waals surface area contributed by atoms with Crippen molar-refractivity contribution >= 4 is 22.8 Å². The number of hydrogen-bond acceptors (Lipinski definition) is 4. The SMILES string of the molecule is Cc1cnc2ccc(C(=O)NC(C(=O)O)C(C)(C)C)c(OCc3ccc(C(F)(F)F)cc3)c2c1. The lowest BCUT2D eigenvalue weighted by Gasteiger charge is -2.28. The Bertz CT molecular complexity index is 1220. The molecule has 2 aromatic carbocycles. The minimum absolute atomic E-state index is 0.0994. The van der Waals surface area contributed by atoms with Crippen molar-refractivity contribution in [3.8, 4) is 5.75 Å². The zero-order valence-corrected chi connectivity index (χ0v) is 19.2. The average molecular weight is 474 g/mol. The molecule has 1 atom stereocenters. The monoisotopic (exact) mass is 474 g/mol. The van der Waals surface area contributed by atoms with E-state index in [1.165, 1.54) is 18.2 Å². The number of rotatable bonds is 6. The van der Waals surface area contributed by atoms with Crippen LogP contribution in [0.25, 0.3) is 10.9 Å². The molecule has 3 rings (SSSR count). The van der Waals surface area contributed by atoms with Gasteiger partial charge in [0.15, 0.2) is 0 Å². The maximum absolute atomic E-state index is 13.1. The summed E-state index contributed by atoms with van der Waals surface area (Å²) in [6.45, 7) is 6.80. The van der Waals surface area contributed by atoms with Crippen molar-refractivity contribution in [2.24, 2.45) is 5.41 Å². The van der Waals surface area contributed by atoms with Gasteiger partial charge in [0.25, 0.3) is 5.91 Å². The van der Waals surface area contributed by atoms with Gasteiger partial charge in [-0.05, 0) is 53.8 Å². The third kappa shape index (κ3) is 5.65. The molecule has 0 aliphatic carbocycles. The number of halogens is 3. The highest BCUT2D eigenvalue weighted by Crippen LogP contribution is 2.32. The fraction of sp³-hybridized carbons (Fsp3) is 0.320. The van der Waals surface area contributed by atoms with E-state index >= 15 is 0 Å². The summed E-state index contributed by atoms with van der Waals surface area (Å²) < 4.78 is 44.5. The van der Waals surface area contributed by atoms with Crippen LogP contribution in [-0.4, -0.2) is 28.0 Å². The molecule has 0 aliphatic rings. The lowest BCUT2D eigenvalue weighted by molar-refractivity contribution is -0.142. The van der Waals surface area contributed by atoms with Crippen LogP contribution in [0.4, 0.5) is 13.2 Å². The van der Waals surface area contributed by atoms with Crippen LogP contribution in [0.15, 0.2) is 48.7 Å². The van der Waals surface area contributed by atoms with Gasteiger partial charge in [0.05, 0.1) is 16.6 Å². The minimum Gasteiger partial charge on any atom is -0.487 e. The summed E-state index contributed by atoms with van der Waals surface area (Å²) in [6.07, 6.45) is -2.79. The molecule has 1 aromatic heterocycles. The average Bonchev–Trinajstić information content (AvgIpc) is 2.74. The number of pyridine rings is 1. The van der Waals surface area contributed by atoms with Gasteiger partial charge in [0, 0.05) is 11.6 Å². The van der Waals surface area contributed by atoms with Crippen molar-refractivity contribution < 1.29 is 32.6 Å². The Morgan fingerprint density at radius 1 is 1.09 bits per heavy atom. The van der Waals surface area contributed by atoms with Gasteiger partial charge in [-0.15, -0.1) is 0 Å². The molecule has 6 nitrogen and oxygen atoms in total. The predicted molar refractivity (Wildman–Crippen MR) is 121 cm³/mol. The van der Waals surface area contributed by atoms with Crippen molar-refractivity contribution in [1.82, 2.24) is 10.3 Å². The number of carboxylic acids is 1. The van der Waals surface area contributed by atoms with Crippen LogP contribution in [-0.2, 0) is 17.6 Å². The highest BCUT2D eigenvalue weighted by Gasteiger charge is 2.34. The van der Waals surface area contributed by atoms with Crippen LogP contribution in [0.3, 0.4) is 0 Å². The largest absolute Gasteiger partial charge is 0.487 e. The maximum Gasteiger partial charge on any atom is 0.416 e. The number of carbonyl (C=O) groups is 2. The Balaban J connectivity index is 1.98. The Kier molecular flexibility index (Phi) is 6.86. The number of aryl methyl sites for hydroxylation is 1. The quantitative estimate of drug-likeness (QED) is 0.502. The van der Waals surface area contributed by atoms with E-state index in [0.29, 0.717) is 16.5 Å². The molecular weight excluding hydrogens is 449 g/mol. The van der Waals surface area contributed by atoms with Gasteiger partial charge in [-0.2, -0.15) is 13.2 Å². The molecule has 1 unspecified atom stereocenters. The number of amides is 1. The van der Waals surface area contributed by atoms with Crippen LogP contribution in [0.5, 0.6) is 5.75 Å². The molecule has 1 amide bonds. The number of aliphatic carboxylic acids is 1.